The number of piperidine rings is 1. The molecule has 4 rings (SSSR count). The molecule has 1 aliphatic heterocycles. The number of aromatic nitrogens is 2. The quantitative estimate of drug-likeness (QED) is 0.414. The van der Waals surface area contributed by atoms with Crippen LogP contribution >= 0.6 is 0 Å². The zero-order valence-electron chi connectivity index (χ0n) is 20.2. The number of imidazole rings is 1. The predicted molar refractivity (Wildman–Crippen MR) is 137 cm³/mol. The van der Waals surface area contributed by atoms with Crippen LogP contribution in [0.4, 0.5) is 0 Å². The van der Waals surface area contributed by atoms with E-state index in [4.69, 9.17) is 9.84 Å². The fourth-order valence-corrected chi connectivity index (χ4v) is 4.42. The van der Waals surface area contributed by atoms with Gasteiger partial charge in [0.25, 0.3) is 0 Å². The number of hydrogen-bond acceptors (Lipinski definition) is 6. The minimum atomic E-state index is -0.670. The largest absolute Gasteiger partial charge is 0.490 e. The van der Waals surface area contributed by atoms with Gasteiger partial charge in [0.05, 0.1) is 12.7 Å². The van der Waals surface area contributed by atoms with Gasteiger partial charge in [-0.1, -0.05) is 48.6 Å². The molecule has 2 aromatic carbocycles. The fraction of sp³-hybridized carbons (Fsp3) is 0.393. The topological polar surface area (TPSA) is 91.0 Å². The summed E-state index contributed by atoms with van der Waals surface area (Å²) in [6.45, 7) is 4.43. The first-order valence-corrected chi connectivity index (χ1v) is 12.3. The molecular formula is C28H35N3O4. The van der Waals surface area contributed by atoms with Crippen molar-refractivity contribution < 1.29 is 20.1 Å². The molecule has 2 unspecified atom stereocenters. The molecule has 1 aromatic heterocycles. The number of aliphatic hydroxyl groups is 3. The second-order valence-corrected chi connectivity index (χ2v) is 9.12. The summed E-state index contributed by atoms with van der Waals surface area (Å²) in [6, 6.07) is 16.6. The molecule has 0 saturated carbocycles. The van der Waals surface area contributed by atoms with Gasteiger partial charge in [-0.15, -0.1) is 0 Å². The third kappa shape index (κ3) is 7.02. The van der Waals surface area contributed by atoms with Gasteiger partial charge in [0.1, 0.15) is 23.8 Å². The van der Waals surface area contributed by atoms with Crippen molar-refractivity contribution in [3.8, 4) is 16.9 Å². The average molecular weight is 478 g/mol. The van der Waals surface area contributed by atoms with Gasteiger partial charge in [0.15, 0.2) is 0 Å². The molecular weight excluding hydrogens is 442 g/mol. The van der Waals surface area contributed by atoms with E-state index < -0.39 is 12.2 Å². The van der Waals surface area contributed by atoms with Crippen molar-refractivity contribution >= 4 is 6.08 Å². The number of rotatable bonds is 10. The molecule has 35 heavy (non-hydrogen) atoms. The van der Waals surface area contributed by atoms with E-state index >= 15 is 0 Å². The molecule has 0 spiro atoms. The van der Waals surface area contributed by atoms with Gasteiger partial charge in [-0.25, -0.2) is 4.98 Å². The van der Waals surface area contributed by atoms with Crippen LogP contribution in [0, 0.1) is 0 Å². The highest BCUT2D eigenvalue weighted by atomic mass is 16.5. The summed E-state index contributed by atoms with van der Waals surface area (Å²) >= 11 is 0. The number of aliphatic hydroxyl groups excluding tert-OH is 3. The fourth-order valence-electron chi connectivity index (χ4n) is 4.42. The van der Waals surface area contributed by atoms with E-state index in [1.165, 1.54) is 0 Å². The summed E-state index contributed by atoms with van der Waals surface area (Å²) in [5.74, 6) is 1.54. The van der Waals surface area contributed by atoms with Gasteiger partial charge in [0, 0.05) is 38.6 Å². The normalized spacial score (nSPS) is 17.0. The molecule has 7 nitrogen and oxygen atoms in total. The molecule has 1 aliphatic rings. The second kappa shape index (κ2) is 12.1. The Labute approximate surface area is 206 Å². The Morgan fingerprint density at radius 3 is 2.31 bits per heavy atom. The van der Waals surface area contributed by atoms with Gasteiger partial charge in [-0.05, 0) is 48.6 Å². The molecule has 2 heterocycles. The third-order valence-electron chi connectivity index (χ3n) is 6.35. The van der Waals surface area contributed by atoms with Crippen LogP contribution < -0.4 is 4.74 Å². The molecule has 7 heteroatoms. The van der Waals surface area contributed by atoms with E-state index in [9.17, 15) is 10.2 Å². The number of allylic oxidation sites excluding steroid dienone is 1. The number of β-amino-alcohol motifs (C(OH)–C–C–N with tert-alkyl or cyclic N) is 1. The Bertz CT molecular complexity index is 1070. The Morgan fingerprint density at radius 1 is 1.03 bits per heavy atom. The van der Waals surface area contributed by atoms with Crippen LogP contribution in [0.5, 0.6) is 5.75 Å². The van der Waals surface area contributed by atoms with E-state index in [2.05, 4.69) is 58.4 Å². The summed E-state index contributed by atoms with van der Waals surface area (Å²) in [6.07, 6.45) is 8.46. The van der Waals surface area contributed by atoms with Crippen LogP contribution in [0.2, 0.25) is 0 Å². The van der Waals surface area contributed by atoms with Crippen molar-refractivity contribution in [2.45, 2.75) is 44.6 Å². The lowest BCUT2D eigenvalue weighted by molar-refractivity contribution is 0.0346. The molecule has 2 atom stereocenters. The van der Waals surface area contributed by atoms with Crippen LogP contribution in [0.3, 0.4) is 0 Å². The zero-order chi connectivity index (χ0) is 24.6. The lowest BCUT2D eigenvalue weighted by Gasteiger charge is -2.33. The lowest BCUT2D eigenvalue weighted by atomic mass is 10.0. The van der Waals surface area contributed by atoms with Gasteiger partial charge in [-0.2, -0.15) is 0 Å². The summed E-state index contributed by atoms with van der Waals surface area (Å²) in [7, 11) is 0. The van der Waals surface area contributed by atoms with E-state index in [1.54, 1.807) is 13.1 Å². The Balaban J connectivity index is 1.27. The van der Waals surface area contributed by atoms with Gasteiger partial charge in [-0.3, -0.25) is 0 Å². The highest BCUT2D eigenvalue weighted by molar-refractivity contribution is 5.66. The van der Waals surface area contributed by atoms with Crippen LogP contribution in [0.15, 0.2) is 67.0 Å². The van der Waals surface area contributed by atoms with Crippen molar-refractivity contribution in [2.75, 3.05) is 26.2 Å². The number of nitrogens with zero attached hydrogens (tertiary/aromatic N) is 3. The maximum Gasteiger partial charge on any atom is 0.137 e. The maximum atomic E-state index is 9.76. The molecule has 0 bridgehead atoms. The minimum Gasteiger partial charge on any atom is -0.490 e. The SMILES string of the molecule is CC(O)c1nccn1C/C=C/c1ccc(-c2ccc(OC3CCN(CC(O)CO)CC3)cc2)cc1. The molecule has 0 aliphatic carbocycles. The number of ether oxygens (including phenoxy) is 1. The summed E-state index contributed by atoms with van der Waals surface area (Å²) < 4.78 is 8.11. The standard InChI is InChI=1S/C28H35N3O4/c1-21(33)28-29-14-18-31(28)15-2-3-22-4-6-23(7-5-22)24-8-10-26(11-9-24)35-27-12-16-30(17-13-27)19-25(34)20-32/h2-11,14,18,21,25,27,32-34H,12-13,15-17,19-20H2,1H3/b3-2+. The van der Waals surface area contributed by atoms with Gasteiger partial charge >= 0.3 is 0 Å². The van der Waals surface area contributed by atoms with Crippen LogP contribution in [0.1, 0.15) is 37.3 Å². The maximum absolute atomic E-state index is 9.76. The average Bonchev–Trinajstić information content (AvgIpc) is 3.35. The van der Waals surface area contributed by atoms with E-state index in [0.717, 1.165) is 48.4 Å². The molecule has 186 valence electrons. The van der Waals surface area contributed by atoms with Gasteiger partial charge in [0.2, 0.25) is 0 Å². The van der Waals surface area contributed by atoms with Gasteiger partial charge < -0.3 is 29.5 Å². The molecule has 3 aromatic rings. The van der Waals surface area contributed by atoms with E-state index in [1.807, 2.05) is 22.9 Å². The molecule has 0 radical (unpaired) electrons. The smallest absolute Gasteiger partial charge is 0.137 e. The van der Waals surface area contributed by atoms with Crippen LogP contribution in [-0.4, -0.2) is 68.2 Å². The highest BCUT2D eigenvalue weighted by Crippen LogP contribution is 2.25. The number of hydrogen-bond donors (Lipinski definition) is 3. The monoisotopic (exact) mass is 477 g/mol. The van der Waals surface area contributed by atoms with Crippen molar-refractivity contribution in [1.29, 1.82) is 0 Å². The van der Waals surface area contributed by atoms with Crippen molar-refractivity contribution in [3.63, 3.8) is 0 Å². The van der Waals surface area contributed by atoms with Crippen LogP contribution in [-0.2, 0) is 6.54 Å². The summed E-state index contributed by atoms with van der Waals surface area (Å²) in [4.78, 5) is 6.37. The van der Waals surface area contributed by atoms with Crippen LogP contribution in [0.25, 0.3) is 17.2 Å². The number of likely N-dealkylation sites (tertiary alicyclic amines) is 1. The molecule has 3 N–H and O–H groups in total. The second-order valence-electron chi connectivity index (χ2n) is 9.12. The van der Waals surface area contributed by atoms with E-state index in [-0.39, 0.29) is 12.7 Å². The van der Waals surface area contributed by atoms with E-state index in [0.29, 0.717) is 18.9 Å². The summed E-state index contributed by atoms with van der Waals surface area (Å²) in [5.41, 5.74) is 3.40. The predicted octanol–water partition coefficient (Wildman–Crippen LogP) is 3.51. The lowest BCUT2D eigenvalue weighted by Crippen LogP contribution is -2.42. The first-order chi connectivity index (χ1) is 17.0. The molecule has 1 saturated heterocycles. The Kier molecular flexibility index (Phi) is 8.71. The van der Waals surface area contributed by atoms with Crippen molar-refractivity contribution in [3.05, 3.63) is 78.4 Å². The first kappa shape index (κ1) is 25.1. The van der Waals surface area contributed by atoms with Crippen molar-refractivity contribution in [2.24, 2.45) is 0 Å². The molecule has 0 amide bonds. The number of benzene rings is 2. The first-order valence-electron chi connectivity index (χ1n) is 12.3. The Morgan fingerprint density at radius 2 is 1.69 bits per heavy atom. The molecule has 1 fully saturated rings. The highest BCUT2D eigenvalue weighted by Gasteiger charge is 2.22. The van der Waals surface area contributed by atoms with Crippen molar-refractivity contribution in [1.82, 2.24) is 14.5 Å². The summed E-state index contributed by atoms with van der Waals surface area (Å²) in [5, 5.41) is 28.4. The minimum absolute atomic E-state index is 0.174. The zero-order valence-corrected chi connectivity index (χ0v) is 20.2. The Hall–Kier alpha value is -2.97. The third-order valence-corrected chi connectivity index (χ3v) is 6.35.